The van der Waals surface area contributed by atoms with Gasteiger partial charge in [-0.05, 0) is 30.2 Å². The molecule has 23 heavy (non-hydrogen) atoms. The van der Waals surface area contributed by atoms with E-state index in [1.54, 1.807) is 18.2 Å². The normalized spacial score (nSPS) is 17.1. The molecule has 2 nitrogen and oxygen atoms in total. The van der Waals surface area contributed by atoms with Crippen molar-refractivity contribution in [1.82, 2.24) is 10.2 Å². The Bertz CT molecular complexity index is 483. The van der Waals surface area contributed by atoms with Crippen LogP contribution in [0.25, 0.3) is 0 Å². The van der Waals surface area contributed by atoms with Crippen molar-refractivity contribution in [3.8, 4) is 0 Å². The van der Waals surface area contributed by atoms with Crippen LogP contribution in [0.5, 0.6) is 0 Å². The van der Waals surface area contributed by atoms with Gasteiger partial charge in [0, 0.05) is 48.1 Å². The number of rotatable bonds is 4. The van der Waals surface area contributed by atoms with Gasteiger partial charge < -0.3 is 5.32 Å². The Morgan fingerprint density at radius 3 is 2.39 bits per heavy atom. The van der Waals surface area contributed by atoms with Crippen LogP contribution < -0.4 is 5.32 Å². The van der Waals surface area contributed by atoms with Crippen LogP contribution >= 0.6 is 52.3 Å². The van der Waals surface area contributed by atoms with Gasteiger partial charge in [0.1, 0.15) is 0 Å². The van der Waals surface area contributed by atoms with E-state index in [2.05, 4.69) is 26.1 Å². The van der Waals surface area contributed by atoms with E-state index in [4.69, 9.17) is 11.6 Å². The molecule has 1 aliphatic heterocycles. The third-order valence-electron chi connectivity index (χ3n) is 3.61. The van der Waals surface area contributed by atoms with Crippen molar-refractivity contribution in [1.29, 1.82) is 0 Å². The zero-order valence-corrected chi connectivity index (χ0v) is 16.2. The molecule has 1 atom stereocenters. The maximum absolute atomic E-state index is 12.6. The van der Waals surface area contributed by atoms with Gasteiger partial charge in [0.05, 0.1) is 0 Å². The smallest absolute Gasteiger partial charge is 0.314 e. The van der Waals surface area contributed by atoms with E-state index in [0.717, 1.165) is 36.2 Å². The van der Waals surface area contributed by atoms with Gasteiger partial charge in [-0.1, -0.05) is 27.5 Å². The summed E-state index contributed by atoms with van der Waals surface area (Å²) >= 11 is 9.45. The van der Waals surface area contributed by atoms with Crippen molar-refractivity contribution in [2.24, 2.45) is 0 Å². The average Bonchev–Trinajstić information content (AvgIpc) is 2.43. The number of piperazine rings is 1. The largest absolute Gasteiger partial charge is 0.389 e. The molecule has 0 radical (unpaired) electrons. The second-order valence-corrected chi connectivity index (χ2v) is 6.41. The van der Waals surface area contributed by atoms with E-state index < -0.39 is 12.6 Å². The molecule has 0 bridgehead atoms. The highest BCUT2D eigenvalue weighted by molar-refractivity contribution is 9.10. The minimum Gasteiger partial charge on any atom is -0.314 e. The van der Waals surface area contributed by atoms with Crippen LogP contribution in [0.1, 0.15) is 24.4 Å². The molecule has 9 heteroatoms. The van der Waals surface area contributed by atoms with Crippen LogP contribution in [-0.4, -0.2) is 37.3 Å². The fraction of sp³-hybridized carbons (Fsp3) is 0.571. The fourth-order valence-electron chi connectivity index (χ4n) is 2.60. The lowest BCUT2D eigenvalue weighted by Gasteiger charge is -2.36. The SMILES string of the molecule is Cl.Cl.FC(F)(F)CC[C@@H](c1cc(Cl)ccc1Br)N1CCNCC1. The monoisotopic (exact) mass is 456 g/mol. The predicted molar refractivity (Wildman–Crippen MR) is 96.1 cm³/mol. The number of halogens is 7. The second kappa shape index (κ2) is 10.3. The summed E-state index contributed by atoms with van der Waals surface area (Å²) in [6.45, 7) is 3.06. The molecular formula is C14H19BrCl3F3N2. The molecule has 1 saturated heterocycles. The minimum atomic E-state index is -4.14. The number of nitrogens with one attached hydrogen (secondary N) is 1. The van der Waals surface area contributed by atoms with Gasteiger partial charge in [-0.2, -0.15) is 13.2 Å². The van der Waals surface area contributed by atoms with E-state index >= 15 is 0 Å². The van der Waals surface area contributed by atoms with E-state index in [-0.39, 0.29) is 37.3 Å². The third-order valence-corrected chi connectivity index (χ3v) is 4.57. The van der Waals surface area contributed by atoms with Crippen LogP contribution in [0.3, 0.4) is 0 Å². The molecule has 1 aromatic carbocycles. The first-order chi connectivity index (χ1) is 9.87. The summed E-state index contributed by atoms with van der Waals surface area (Å²) < 4.78 is 38.6. The Labute approximate surface area is 160 Å². The van der Waals surface area contributed by atoms with Crippen molar-refractivity contribution in [3.05, 3.63) is 33.3 Å². The van der Waals surface area contributed by atoms with Crippen molar-refractivity contribution in [2.75, 3.05) is 26.2 Å². The summed E-state index contributed by atoms with van der Waals surface area (Å²) in [5, 5.41) is 3.76. The maximum Gasteiger partial charge on any atom is 0.389 e. The number of hydrogen-bond donors (Lipinski definition) is 1. The van der Waals surface area contributed by atoms with Crippen LogP contribution in [0.2, 0.25) is 5.02 Å². The van der Waals surface area contributed by atoms with Gasteiger partial charge in [0.25, 0.3) is 0 Å². The number of alkyl halides is 3. The van der Waals surface area contributed by atoms with Crippen LogP contribution in [0, 0.1) is 0 Å². The molecule has 1 N–H and O–H groups in total. The van der Waals surface area contributed by atoms with Crippen LogP contribution in [0.15, 0.2) is 22.7 Å². The molecule has 0 aliphatic carbocycles. The maximum atomic E-state index is 12.6. The molecule has 1 aliphatic rings. The van der Waals surface area contributed by atoms with Gasteiger partial charge in [-0.3, -0.25) is 4.90 Å². The molecule has 0 saturated carbocycles. The van der Waals surface area contributed by atoms with E-state index in [1.807, 2.05) is 0 Å². The molecular weight excluding hydrogens is 439 g/mol. The molecule has 1 aromatic rings. The van der Waals surface area contributed by atoms with Crippen LogP contribution in [-0.2, 0) is 0 Å². The predicted octanol–water partition coefficient (Wildman–Crippen LogP) is 5.23. The molecule has 2 rings (SSSR count). The first kappa shape index (κ1) is 23.3. The Balaban J connectivity index is 0.00000242. The number of benzene rings is 1. The molecule has 1 heterocycles. The molecule has 1 fully saturated rings. The lowest BCUT2D eigenvalue weighted by atomic mass is 9.99. The molecule has 0 unspecified atom stereocenters. The van der Waals surface area contributed by atoms with Gasteiger partial charge in [0.15, 0.2) is 0 Å². The summed E-state index contributed by atoms with van der Waals surface area (Å²) in [7, 11) is 0. The molecule has 134 valence electrons. The van der Waals surface area contributed by atoms with Crippen molar-refractivity contribution in [3.63, 3.8) is 0 Å². The summed E-state index contributed by atoms with van der Waals surface area (Å²) in [4.78, 5) is 2.10. The van der Waals surface area contributed by atoms with Crippen LogP contribution in [0.4, 0.5) is 13.2 Å². The highest BCUT2D eigenvalue weighted by atomic mass is 79.9. The summed E-state index contributed by atoms with van der Waals surface area (Å²) in [6.07, 6.45) is -4.89. The minimum absolute atomic E-state index is 0. The second-order valence-electron chi connectivity index (χ2n) is 5.12. The fourth-order valence-corrected chi connectivity index (χ4v) is 3.29. The summed E-state index contributed by atoms with van der Waals surface area (Å²) in [5.41, 5.74) is 0.827. The van der Waals surface area contributed by atoms with Crippen molar-refractivity contribution < 1.29 is 13.2 Å². The highest BCUT2D eigenvalue weighted by Gasteiger charge is 2.32. The highest BCUT2D eigenvalue weighted by Crippen LogP contribution is 2.36. The van der Waals surface area contributed by atoms with Crippen molar-refractivity contribution in [2.45, 2.75) is 25.1 Å². The standard InChI is InChI=1S/C14H17BrClF3N2.2ClH/c15-12-2-1-10(16)9-11(12)13(3-4-14(17,18)19)21-7-5-20-6-8-21;;/h1-2,9,13,20H,3-8H2;2*1H/t13-;;/m0../s1. The molecule has 0 aromatic heterocycles. The van der Waals surface area contributed by atoms with E-state index in [0.29, 0.717) is 5.02 Å². The van der Waals surface area contributed by atoms with Gasteiger partial charge in [-0.25, -0.2) is 0 Å². The van der Waals surface area contributed by atoms with Crippen molar-refractivity contribution >= 4 is 52.3 Å². The van der Waals surface area contributed by atoms with E-state index in [9.17, 15) is 13.2 Å². The summed E-state index contributed by atoms with van der Waals surface area (Å²) in [5.74, 6) is 0. The Morgan fingerprint density at radius 1 is 1.22 bits per heavy atom. The number of nitrogens with zero attached hydrogens (tertiary/aromatic N) is 1. The zero-order chi connectivity index (χ0) is 15.5. The Hall–Kier alpha value is 0.280. The molecule has 0 spiro atoms. The summed E-state index contributed by atoms with van der Waals surface area (Å²) in [6, 6.07) is 5.00. The Morgan fingerprint density at radius 2 is 1.83 bits per heavy atom. The first-order valence-electron chi connectivity index (χ1n) is 6.83. The topological polar surface area (TPSA) is 15.3 Å². The van der Waals surface area contributed by atoms with E-state index in [1.165, 1.54) is 0 Å². The van der Waals surface area contributed by atoms with Gasteiger partial charge in [0.2, 0.25) is 0 Å². The van der Waals surface area contributed by atoms with Gasteiger partial charge in [-0.15, -0.1) is 24.8 Å². The Kier molecular flexibility index (Phi) is 10.4. The zero-order valence-electron chi connectivity index (χ0n) is 12.2. The van der Waals surface area contributed by atoms with Gasteiger partial charge >= 0.3 is 6.18 Å². The molecule has 0 amide bonds. The quantitative estimate of drug-likeness (QED) is 0.664. The number of hydrogen-bond acceptors (Lipinski definition) is 2. The third kappa shape index (κ3) is 7.36. The lowest BCUT2D eigenvalue weighted by Crippen LogP contribution is -2.45. The average molecular weight is 459 g/mol. The first-order valence-corrected chi connectivity index (χ1v) is 8.00. The lowest BCUT2D eigenvalue weighted by molar-refractivity contribution is -0.138.